The summed E-state index contributed by atoms with van der Waals surface area (Å²) in [6, 6.07) is 26.0. The maximum absolute atomic E-state index is 5.88. The van der Waals surface area contributed by atoms with Crippen LogP contribution in [0, 0.1) is 0 Å². The van der Waals surface area contributed by atoms with Crippen LogP contribution in [0.5, 0.6) is 11.5 Å². The highest BCUT2D eigenvalue weighted by Gasteiger charge is 2.06. The van der Waals surface area contributed by atoms with Crippen LogP contribution < -0.4 is 9.47 Å². The molecule has 0 aliphatic rings. The lowest BCUT2D eigenvalue weighted by atomic mass is 10.1. The van der Waals surface area contributed by atoms with Gasteiger partial charge in [-0.05, 0) is 48.0 Å². The summed E-state index contributed by atoms with van der Waals surface area (Å²) in [6.07, 6.45) is 2.13. The minimum Gasteiger partial charge on any atom is -0.489 e. The van der Waals surface area contributed by atoms with Crippen LogP contribution in [0.15, 0.2) is 84.0 Å². The van der Waals surface area contributed by atoms with Crippen molar-refractivity contribution in [2.75, 3.05) is 19.9 Å². The molecule has 5 heteroatoms. The highest BCUT2D eigenvalue weighted by atomic mass is 31.0. The Balaban J connectivity index is 1.52. The van der Waals surface area contributed by atoms with Crippen LogP contribution in [0.4, 0.5) is 0 Å². The highest BCUT2D eigenvalue weighted by molar-refractivity contribution is 7.16. The summed E-state index contributed by atoms with van der Waals surface area (Å²) in [6.45, 7) is 0.847. The summed E-state index contributed by atoms with van der Waals surface area (Å²) in [4.78, 5) is 4.95. The van der Waals surface area contributed by atoms with Crippen molar-refractivity contribution < 1.29 is 14.3 Å². The molecule has 0 bridgehead atoms. The van der Waals surface area contributed by atoms with Gasteiger partial charge in [0.25, 0.3) is 0 Å². The third kappa shape index (κ3) is 6.62. The Morgan fingerprint density at radius 3 is 2.03 bits per heavy atom. The Morgan fingerprint density at radius 2 is 1.41 bits per heavy atom. The van der Waals surface area contributed by atoms with E-state index in [0.29, 0.717) is 13.2 Å². The quantitative estimate of drug-likeness (QED) is 0.266. The van der Waals surface area contributed by atoms with Crippen molar-refractivity contribution in [3.05, 3.63) is 95.6 Å². The molecule has 0 spiro atoms. The predicted octanol–water partition coefficient (Wildman–Crippen LogP) is 5.11. The first-order valence-corrected chi connectivity index (χ1v) is 10.4. The van der Waals surface area contributed by atoms with Crippen molar-refractivity contribution in [3.8, 4) is 11.5 Å². The standard InChI is InChI=1S/C24H26NO3P/c1-26-25-24(21-5-3-2-4-6-21)18-28-23-13-9-20(10-14-23)17-27-22-11-7-19(8-12-22)15-16-29/h2-14H,15-18,29H2,1H3/b25-24+. The average Bonchev–Trinajstić information content (AvgIpc) is 2.78. The molecule has 0 saturated heterocycles. The van der Waals surface area contributed by atoms with Crippen LogP contribution in [-0.2, 0) is 17.9 Å². The molecule has 0 aromatic heterocycles. The zero-order valence-corrected chi connectivity index (χ0v) is 17.7. The number of oxime groups is 1. The molecule has 3 aromatic carbocycles. The molecular weight excluding hydrogens is 381 g/mol. The number of aryl methyl sites for hydroxylation is 1. The summed E-state index contributed by atoms with van der Waals surface area (Å²) in [7, 11) is 4.29. The molecule has 29 heavy (non-hydrogen) atoms. The van der Waals surface area contributed by atoms with Crippen LogP contribution in [0.2, 0.25) is 0 Å². The number of rotatable bonds is 10. The van der Waals surface area contributed by atoms with E-state index in [1.165, 1.54) is 12.7 Å². The molecule has 0 aliphatic carbocycles. The second-order valence-corrected chi connectivity index (χ2v) is 7.07. The maximum Gasteiger partial charge on any atom is 0.134 e. The van der Waals surface area contributed by atoms with Crippen LogP contribution in [0.3, 0.4) is 0 Å². The zero-order valence-electron chi connectivity index (χ0n) is 16.6. The lowest BCUT2D eigenvalue weighted by Crippen LogP contribution is -2.13. The fraction of sp³-hybridized carbons (Fsp3) is 0.208. The lowest BCUT2D eigenvalue weighted by Gasteiger charge is -2.10. The molecule has 0 fully saturated rings. The van der Waals surface area contributed by atoms with Gasteiger partial charge >= 0.3 is 0 Å². The van der Waals surface area contributed by atoms with E-state index in [9.17, 15) is 0 Å². The minimum atomic E-state index is 0.330. The van der Waals surface area contributed by atoms with Crippen molar-refractivity contribution in [3.63, 3.8) is 0 Å². The summed E-state index contributed by atoms with van der Waals surface area (Å²) >= 11 is 0. The van der Waals surface area contributed by atoms with E-state index in [0.717, 1.165) is 40.9 Å². The van der Waals surface area contributed by atoms with E-state index in [2.05, 4.69) is 26.5 Å². The molecule has 1 unspecified atom stereocenters. The first kappa shape index (κ1) is 20.9. The number of benzene rings is 3. The average molecular weight is 407 g/mol. The van der Waals surface area contributed by atoms with Crippen molar-refractivity contribution in [2.24, 2.45) is 5.16 Å². The molecule has 0 heterocycles. The third-order valence-electron chi connectivity index (χ3n) is 4.37. The van der Waals surface area contributed by atoms with Crippen molar-refractivity contribution >= 4 is 15.0 Å². The Kier molecular flexibility index (Phi) is 8.09. The Bertz CT molecular complexity index is 894. The van der Waals surface area contributed by atoms with Gasteiger partial charge in [-0.1, -0.05) is 59.8 Å². The Morgan fingerprint density at radius 1 is 0.793 bits per heavy atom. The molecule has 0 amide bonds. The zero-order chi connectivity index (χ0) is 20.3. The predicted molar refractivity (Wildman–Crippen MR) is 121 cm³/mol. The molecule has 1 atom stereocenters. The second kappa shape index (κ2) is 11.2. The van der Waals surface area contributed by atoms with E-state index in [1.807, 2.05) is 66.7 Å². The monoisotopic (exact) mass is 407 g/mol. The van der Waals surface area contributed by atoms with Crippen LogP contribution >= 0.6 is 9.24 Å². The van der Waals surface area contributed by atoms with Gasteiger partial charge < -0.3 is 14.3 Å². The summed E-state index contributed by atoms with van der Waals surface area (Å²) < 4.78 is 11.7. The van der Waals surface area contributed by atoms with Gasteiger partial charge in [-0.3, -0.25) is 0 Å². The molecule has 0 radical (unpaired) electrons. The van der Waals surface area contributed by atoms with E-state index >= 15 is 0 Å². The fourth-order valence-electron chi connectivity index (χ4n) is 2.82. The number of hydrogen-bond donors (Lipinski definition) is 0. The molecule has 150 valence electrons. The lowest BCUT2D eigenvalue weighted by molar-refractivity contribution is 0.210. The minimum absolute atomic E-state index is 0.330. The van der Waals surface area contributed by atoms with Gasteiger partial charge in [-0.15, -0.1) is 9.24 Å². The number of ether oxygens (including phenoxy) is 2. The van der Waals surface area contributed by atoms with Crippen LogP contribution in [-0.4, -0.2) is 25.6 Å². The van der Waals surface area contributed by atoms with Gasteiger partial charge in [-0.25, -0.2) is 0 Å². The molecule has 4 nitrogen and oxygen atoms in total. The SMILES string of the molecule is CO/N=C(\COc1ccc(COc2ccc(CCP)cc2)cc1)c1ccccc1. The summed E-state index contributed by atoms with van der Waals surface area (Å²) in [5, 5.41) is 4.08. The van der Waals surface area contributed by atoms with E-state index in [-0.39, 0.29) is 0 Å². The smallest absolute Gasteiger partial charge is 0.134 e. The van der Waals surface area contributed by atoms with Gasteiger partial charge in [0.2, 0.25) is 0 Å². The first-order chi connectivity index (χ1) is 14.3. The van der Waals surface area contributed by atoms with Crippen LogP contribution in [0.1, 0.15) is 16.7 Å². The molecule has 0 N–H and O–H groups in total. The molecule has 3 aromatic rings. The van der Waals surface area contributed by atoms with Gasteiger partial charge in [-0.2, -0.15) is 0 Å². The molecule has 3 rings (SSSR count). The number of nitrogens with zero attached hydrogens (tertiary/aromatic N) is 1. The van der Waals surface area contributed by atoms with E-state index < -0.39 is 0 Å². The second-order valence-electron chi connectivity index (χ2n) is 6.49. The van der Waals surface area contributed by atoms with Crippen molar-refractivity contribution in [2.45, 2.75) is 13.0 Å². The first-order valence-electron chi connectivity index (χ1n) is 9.57. The largest absolute Gasteiger partial charge is 0.489 e. The van der Waals surface area contributed by atoms with Gasteiger partial charge in [0.05, 0.1) is 0 Å². The molecule has 0 saturated carbocycles. The van der Waals surface area contributed by atoms with Crippen molar-refractivity contribution in [1.29, 1.82) is 0 Å². The van der Waals surface area contributed by atoms with E-state index in [4.69, 9.17) is 14.3 Å². The third-order valence-corrected chi connectivity index (χ3v) is 4.66. The summed E-state index contributed by atoms with van der Waals surface area (Å²) in [5.74, 6) is 1.65. The van der Waals surface area contributed by atoms with Gasteiger partial charge in [0.1, 0.15) is 37.5 Å². The van der Waals surface area contributed by atoms with Gasteiger partial charge in [0, 0.05) is 5.56 Å². The topological polar surface area (TPSA) is 40.0 Å². The number of hydrogen-bond acceptors (Lipinski definition) is 4. The van der Waals surface area contributed by atoms with E-state index in [1.54, 1.807) is 0 Å². The van der Waals surface area contributed by atoms with Crippen LogP contribution in [0.25, 0.3) is 0 Å². The summed E-state index contributed by atoms with van der Waals surface area (Å²) in [5.41, 5.74) is 4.12. The Labute approximate surface area is 174 Å². The molecular formula is C24H26NO3P. The Hall–Kier alpha value is -2.84. The van der Waals surface area contributed by atoms with Crippen molar-refractivity contribution in [1.82, 2.24) is 0 Å². The molecule has 0 aliphatic heterocycles. The maximum atomic E-state index is 5.88. The fourth-order valence-corrected chi connectivity index (χ4v) is 3.16. The van der Waals surface area contributed by atoms with Gasteiger partial charge in [0.15, 0.2) is 0 Å². The highest BCUT2D eigenvalue weighted by Crippen LogP contribution is 2.17. The normalized spacial score (nSPS) is 11.2.